The number of benzene rings is 4. The van der Waals surface area contributed by atoms with E-state index in [9.17, 15) is 9.59 Å². The number of fused-ring (bicyclic) bond motifs is 4. The number of aromatic amines is 1. The van der Waals surface area contributed by atoms with Crippen LogP contribution in [0.25, 0.3) is 43.6 Å². The first-order valence-electron chi connectivity index (χ1n) is 21.6. The number of aromatic nitrogens is 6. The van der Waals surface area contributed by atoms with E-state index in [2.05, 4.69) is 104 Å². The molecule has 5 aromatic heterocycles. The maximum absolute atomic E-state index is 11.4. The molecule has 9 aromatic rings. The summed E-state index contributed by atoms with van der Waals surface area (Å²) in [5.41, 5.74) is 8.57. The Kier molecular flexibility index (Phi) is 31.2. The van der Waals surface area contributed by atoms with E-state index in [0.717, 1.165) is 80.1 Å². The van der Waals surface area contributed by atoms with Crippen molar-refractivity contribution in [1.29, 1.82) is 0 Å². The van der Waals surface area contributed by atoms with Crippen LogP contribution < -0.4 is 35.1 Å². The van der Waals surface area contributed by atoms with Crippen molar-refractivity contribution in [1.82, 2.24) is 29.9 Å². The van der Waals surface area contributed by atoms with Crippen LogP contribution in [0.3, 0.4) is 0 Å². The Morgan fingerprint density at radius 2 is 1.13 bits per heavy atom. The number of hydrogen-bond acceptors (Lipinski definition) is 10. The van der Waals surface area contributed by atoms with Gasteiger partial charge in [-0.15, -0.1) is 0 Å². The molecule has 0 spiro atoms. The summed E-state index contributed by atoms with van der Waals surface area (Å²) in [6.07, 6.45) is 10.4. The van der Waals surface area contributed by atoms with Crippen LogP contribution in [0.15, 0.2) is 162 Å². The summed E-state index contributed by atoms with van der Waals surface area (Å²) in [5, 5.41) is 14.9. The van der Waals surface area contributed by atoms with Crippen molar-refractivity contribution in [2.75, 3.05) is 13.2 Å². The number of alkyl halides is 1. The second kappa shape index (κ2) is 35.8. The standard InChI is InChI=1S/C15H13N3OS.C10H8BrN.C10H9NO.C10H7NO.C4H8O.C2H6.B.Br3P.Na.H/c1-10-8-14(19)18-15(17-10)20-9-11-6-7-16-13-5-3-2-4-12(11)13;11-7-8-5-6-12-10-4-2-1-3-9(8)10;2*12-7-8-5-6-11-10-4-2-1-3-9(8)10;1-2-4-5-3-1;1-2;;1-4(2)3;;/h2-8H,9H2,1H3,(H,17,18,19);1-6H,7H2;1-6,12H,7H2;1-7H;1-4H2;1-2H3;;;;/q;;;;;;;;+1;-1/i;;;;;1D;;;;. The molecule has 0 aliphatic carbocycles. The third-order valence-corrected chi connectivity index (χ3v) is 10.9. The van der Waals surface area contributed by atoms with E-state index in [1.165, 1.54) is 47.2 Å². The predicted molar refractivity (Wildman–Crippen MR) is 302 cm³/mol. The molecule has 1 aliphatic heterocycles. The molecule has 2 N–H and O–H groups in total. The molecule has 1 fully saturated rings. The van der Waals surface area contributed by atoms with E-state index in [0.29, 0.717) is 17.6 Å². The summed E-state index contributed by atoms with van der Waals surface area (Å²) in [4.78, 5) is 46.0. The average Bonchev–Trinajstić information content (AvgIpc) is 3.97. The molecule has 10 nitrogen and oxygen atoms in total. The van der Waals surface area contributed by atoms with Crippen molar-refractivity contribution >= 4 is 136 Å². The van der Waals surface area contributed by atoms with Gasteiger partial charge in [-0.3, -0.25) is 29.5 Å². The number of halogens is 4. The Balaban J connectivity index is 0.000000441. The van der Waals surface area contributed by atoms with Crippen molar-refractivity contribution in [3.8, 4) is 0 Å². The number of H-pyrrole nitrogens is 1. The van der Waals surface area contributed by atoms with Crippen molar-refractivity contribution < 1.29 is 47.0 Å². The summed E-state index contributed by atoms with van der Waals surface area (Å²) < 4.78 is 11.0. The largest absolute Gasteiger partial charge is 1.00 e. The third kappa shape index (κ3) is 21.6. The molecule has 0 bridgehead atoms. The monoisotopic (exact) mass is 1230 g/mol. The Morgan fingerprint density at radius 3 is 1.57 bits per heavy atom. The zero-order chi connectivity index (χ0) is 48.9. The fraction of sp³-hybridized carbons (Fsp3) is 0.196. The second-order valence-electron chi connectivity index (χ2n) is 13.8. The fourth-order valence-corrected chi connectivity index (χ4v) is 7.76. The zero-order valence-corrected chi connectivity index (χ0v) is 48.6. The number of aliphatic hydroxyl groups excluding tert-OH is 1. The van der Waals surface area contributed by atoms with Crippen molar-refractivity contribution in [3.63, 3.8) is 0 Å². The summed E-state index contributed by atoms with van der Waals surface area (Å²) in [7, 11) is 0. The first-order chi connectivity index (χ1) is 33.1. The molecule has 1 saturated heterocycles. The van der Waals surface area contributed by atoms with Gasteiger partial charge in [-0.2, -0.15) is 0 Å². The smallest absolute Gasteiger partial charge is 1.00 e. The van der Waals surface area contributed by atoms with Crippen LogP contribution in [0.4, 0.5) is 0 Å². The quantitative estimate of drug-likeness (QED) is 0.0412. The van der Waals surface area contributed by atoms with Gasteiger partial charge in [0.25, 0.3) is 5.56 Å². The number of ether oxygens (including phenoxy) is 1. The molecule has 10 rings (SSSR count). The van der Waals surface area contributed by atoms with Crippen LogP contribution >= 0.6 is 78.2 Å². The van der Waals surface area contributed by atoms with Gasteiger partial charge in [-0.1, -0.05) is 114 Å². The zero-order valence-electron chi connectivity index (χ0n) is 40.5. The number of rotatable bonds is 6. The number of nitrogens with one attached hydrogen (secondary N) is 1. The first kappa shape index (κ1) is 60.1. The van der Waals surface area contributed by atoms with Gasteiger partial charge in [-0.05, 0) is 131 Å². The number of aldehydes is 1. The Bertz CT molecular complexity index is 2880. The number of pyridine rings is 4. The molecule has 6 heterocycles. The summed E-state index contributed by atoms with van der Waals surface area (Å²) >= 11 is 14.5. The minimum atomic E-state index is -0.183. The van der Waals surface area contributed by atoms with Gasteiger partial charge in [0.05, 0.1) is 28.7 Å². The molecule has 18 heteroatoms. The van der Waals surface area contributed by atoms with Crippen molar-refractivity contribution in [3.05, 3.63) is 190 Å². The number of aryl methyl sites for hydroxylation is 1. The maximum atomic E-state index is 11.4. The molecule has 1 aliphatic rings. The minimum Gasteiger partial charge on any atom is -1.00 e. The van der Waals surface area contributed by atoms with Crippen LogP contribution in [0.5, 0.6) is 0 Å². The molecule has 353 valence electrons. The van der Waals surface area contributed by atoms with E-state index in [1.54, 1.807) is 25.4 Å². The maximum Gasteiger partial charge on any atom is 1.00 e. The van der Waals surface area contributed by atoms with Crippen molar-refractivity contribution in [2.24, 2.45) is 0 Å². The molecular weight excluding hydrogens is 1180 g/mol. The number of hydrogen-bond donors (Lipinski definition) is 2. The Hall–Kier alpha value is -3.25. The number of nitrogens with zero attached hydrogens (tertiary/aromatic N) is 5. The van der Waals surface area contributed by atoms with E-state index in [4.69, 9.17) is 11.2 Å². The van der Waals surface area contributed by atoms with Gasteiger partial charge in [0.1, 0.15) is 4.03 Å². The normalized spacial score (nSPS) is 11.0. The van der Waals surface area contributed by atoms with E-state index in [1.807, 2.05) is 122 Å². The average molecular weight is 1230 g/mol. The summed E-state index contributed by atoms with van der Waals surface area (Å²) in [6, 6.07) is 40.7. The topological polar surface area (TPSA) is 144 Å². The van der Waals surface area contributed by atoms with Gasteiger partial charge in [0.2, 0.25) is 0 Å². The van der Waals surface area contributed by atoms with Gasteiger partial charge in [-0.25, -0.2) is 4.98 Å². The van der Waals surface area contributed by atoms with Crippen LogP contribution in [0, 0.1) is 6.92 Å². The number of para-hydroxylation sites is 4. The summed E-state index contributed by atoms with van der Waals surface area (Å²) in [5.74, 6) is 0.745. The van der Waals surface area contributed by atoms with Gasteiger partial charge in [0, 0.05) is 97.7 Å². The molecule has 0 atom stereocenters. The third-order valence-electron chi connectivity index (χ3n) is 9.38. The number of thioether (sulfide) groups is 1. The second-order valence-corrected chi connectivity index (χ2v) is 30.6. The van der Waals surface area contributed by atoms with Gasteiger partial charge >= 0.3 is 29.6 Å². The Labute approximate surface area is 469 Å². The fourth-order valence-electron chi connectivity index (χ4n) is 6.34. The number of carbonyl (C=O) groups is 1. The molecule has 0 saturated carbocycles. The number of carbonyl (C=O) groups excluding carboxylic acids is 1. The number of aliphatic hydroxyl groups is 1. The molecule has 69 heavy (non-hydrogen) atoms. The first-order valence-corrected chi connectivity index (χ1v) is 30.4. The van der Waals surface area contributed by atoms with Crippen LogP contribution in [0.1, 0.15) is 62.2 Å². The van der Waals surface area contributed by atoms with Crippen LogP contribution in [-0.4, -0.2) is 62.9 Å². The van der Waals surface area contributed by atoms with E-state index >= 15 is 0 Å². The van der Waals surface area contributed by atoms with Crippen LogP contribution in [0.2, 0.25) is 0 Å². The summed E-state index contributed by atoms with van der Waals surface area (Å²) in [6.45, 7) is 6.18. The molecule has 0 amide bonds. The molecule has 4 aromatic carbocycles. The predicted octanol–water partition coefficient (Wildman–Crippen LogP) is 11.8. The van der Waals surface area contributed by atoms with Crippen molar-refractivity contribution in [2.45, 2.75) is 56.4 Å². The molecular formula is C51H52BBr4N6NaO4PS. The van der Waals surface area contributed by atoms with Crippen LogP contribution in [-0.2, 0) is 22.4 Å². The minimum absolute atomic E-state index is 0. The molecule has 3 radical (unpaired) electrons. The van der Waals surface area contributed by atoms with E-state index < -0.39 is 0 Å². The molecule has 0 unspecified atom stereocenters. The SMILES string of the molecule is BrCc1ccnc2ccccc12.BrP(Br)Br.C1CCOC1.Cc1cc(=O)[nH]c(SCc2ccnc3ccccc23)n1.O=Cc1ccnc2ccccc12.OCc1ccnc2ccccc12.[2H]CC.[B].[H-].[Na+]. The van der Waals surface area contributed by atoms with E-state index in [-0.39, 0.29) is 55.6 Å². The van der Waals surface area contributed by atoms with Gasteiger partial charge < -0.3 is 16.3 Å². The van der Waals surface area contributed by atoms with Gasteiger partial charge in [0.15, 0.2) is 11.4 Å². The Morgan fingerprint density at radius 1 is 0.725 bits per heavy atom.